The summed E-state index contributed by atoms with van der Waals surface area (Å²) in [6.07, 6.45) is 10.3. The Morgan fingerprint density at radius 2 is 1.97 bits per heavy atom. The van der Waals surface area contributed by atoms with Gasteiger partial charge in [-0.1, -0.05) is 6.07 Å². The van der Waals surface area contributed by atoms with Crippen LogP contribution in [0.2, 0.25) is 0 Å². The number of imidazole rings is 1. The summed E-state index contributed by atoms with van der Waals surface area (Å²) < 4.78 is 2.12. The van der Waals surface area contributed by atoms with Crippen molar-refractivity contribution in [2.45, 2.75) is 51.6 Å². The van der Waals surface area contributed by atoms with Crippen LogP contribution in [0.1, 0.15) is 64.6 Å². The highest BCUT2D eigenvalue weighted by Gasteiger charge is 2.30. The number of hydrogen-bond donors (Lipinski definition) is 2. The van der Waals surface area contributed by atoms with E-state index in [1.54, 1.807) is 6.20 Å². The molecule has 4 aromatic rings. The first-order chi connectivity index (χ1) is 17.5. The van der Waals surface area contributed by atoms with E-state index >= 15 is 0 Å². The molecule has 0 radical (unpaired) electrons. The Labute approximate surface area is 210 Å². The number of aryl methyl sites for hydroxylation is 1. The van der Waals surface area contributed by atoms with Gasteiger partial charge in [-0.25, -0.2) is 15.0 Å². The number of fused-ring (bicyclic) bond motifs is 1. The lowest BCUT2D eigenvalue weighted by molar-refractivity contribution is 0.0946. The van der Waals surface area contributed by atoms with Gasteiger partial charge in [0.15, 0.2) is 0 Å². The number of nitrogens with zero attached hydrogens (tertiary/aromatic N) is 5. The number of anilines is 2. The van der Waals surface area contributed by atoms with Crippen LogP contribution in [0, 0.1) is 6.92 Å². The summed E-state index contributed by atoms with van der Waals surface area (Å²) in [7, 11) is 0. The summed E-state index contributed by atoms with van der Waals surface area (Å²) in [5.41, 5.74) is 9.71. The fraction of sp³-hybridized carbons (Fsp3) is 0.357. The topological polar surface area (TPSA) is 102 Å². The average molecular weight is 482 g/mol. The van der Waals surface area contributed by atoms with Crippen molar-refractivity contribution in [1.82, 2.24) is 24.8 Å². The molecule has 3 aromatic heterocycles. The molecular weight excluding hydrogens is 450 g/mol. The van der Waals surface area contributed by atoms with Crippen LogP contribution in [-0.4, -0.2) is 38.5 Å². The van der Waals surface area contributed by atoms with Gasteiger partial charge < -0.3 is 20.5 Å². The van der Waals surface area contributed by atoms with Gasteiger partial charge in [0.25, 0.3) is 5.91 Å². The highest BCUT2D eigenvalue weighted by molar-refractivity contribution is 5.93. The quantitative estimate of drug-likeness (QED) is 0.411. The van der Waals surface area contributed by atoms with Crippen LogP contribution >= 0.6 is 0 Å². The maximum atomic E-state index is 13.1. The zero-order valence-electron chi connectivity index (χ0n) is 20.6. The number of carbonyl (C=O) groups is 1. The van der Waals surface area contributed by atoms with Gasteiger partial charge in [0.2, 0.25) is 0 Å². The van der Waals surface area contributed by atoms with Crippen molar-refractivity contribution in [3.8, 4) is 0 Å². The van der Waals surface area contributed by atoms with E-state index in [1.807, 2.05) is 31.5 Å². The van der Waals surface area contributed by atoms with Gasteiger partial charge in [-0.2, -0.15) is 0 Å². The van der Waals surface area contributed by atoms with Crippen LogP contribution in [-0.2, 0) is 13.1 Å². The van der Waals surface area contributed by atoms with Gasteiger partial charge in [0.1, 0.15) is 23.2 Å². The summed E-state index contributed by atoms with van der Waals surface area (Å²) in [6, 6.07) is 10.3. The monoisotopic (exact) mass is 481 g/mol. The molecule has 6 rings (SSSR count). The lowest BCUT2D eigenvalue weighted by Crippen LogP contribution is -2.23. The van der Waals surface area contributed by atoms with E-state index in [4.69, 9.17) is 10.7 Å². The zero-order chi connectivity index (χ0) is 24.6. The van der Waals surface area contributed by atoms with Gasteiger partial charge in [0, 0.05) is 49.5 Å². The molecule has 1 aliphatic heterocycles. The molecule has 1 aromatic carbocycles. The highest BCUT2D eigenvalue weighted by Crippen LogP contribution is 2.39. The van der Waals surface area contributed by atoms with E-state index < -0.39 is 0 Å². The Hall–Kier alpha value is -3.94. The smallest absolute Gasteiger partial charge is 0.271 e. The molecule has 8 heteroatoms. The highest BCUT2D eigenvalue weighted by atomic mass is 16.1. The Morgan fingerprint density at radius 3 is 2.72 bits per heavy atom. The van der Waals surface area contributed by atoms with Gasteiger partial charge >= 0.3 is 0 Å². The normalized spacial score (nSPS) is 15.5. The number of aromatic nitrogens is 4. The van der Waals surface area contributed by atoms with Crippen LogP contribution in [0.5, 0.6) is 0 Å². The Morgan fingerprint density at radius 1 is 1.14 bits per heavy atom. The van der Waals surface area contributed by atoms with Crippen molar-refractivity contribution in [3.05, 3.63) is 77.1 Å². The molecule has 3 N–H and O–H groups in total. The third-order valence-electron chi connectivity index (χ3n) is 7.27. The average Bonchev–Trinajstić information content (AvgIpc) is 3.40. The molecule has 2 aliphatic rings. The summed E-state index contributed by atoms with van der Waals surface area (Å²) in [6.45, 7) is 5.29. The van der Waals surface area contributed by atoms with Crippen molar-refractivity contribution < 1.29 is 4.79 Å². The molecule has 184 valence electrons. The van der Waals surface area contributed by atoms with Gasteiger partial charge in [-0.3, -0.25) is 4.79 Å². The number of pyridine rings is 2. The summed E-state index contributed by atoms with van der Waals surface area (Å²) in [5.74, 6) is 2.84. The number of carbonyl (C=O) groups excluding carboxylic acids is 1. The molecule has 4 heterocycles. The molecule has 1 saturated carbocycles. The van der Waals surface area contributed by atoms with E-state index in [0.717, 1.165) is 65.0 Å². The van der Waals surface area contributed by atoms with Crippen LogP contribution < -0.4 is 16.0 Å². The van der Waals surface area contributed by atoms with Gasteiger partial charge in [-0.05, 0) is 78.9 Å². The van der Waals surface area contributed by atoms with Crippen molar-refractivity contribution in [3.63, 3.8) is 0 Å². The maximum Gasteiger partial charge on any atom is 0.271 e. The van der Waals surface area contributed by atoms with E-state index in [0.29, 0.717) is 30.5 Å². The standard InChI is InChI=1S/C28H31N7O/c1-18-12-23-21(8-9-30-26(23)29)13-22(18)15-32-28(36)24-17-35(27(33-24)20-5-6-20)16-19-4-7-25(31-14-19)34-10-2-3-11-34/h4,7-9,12-14,17,20H,2-3,5-6,10-11,15-16H2,1H3,(H2,29,30)(H,32,36). The summed E-state index contributed by atoms with van der Waals surface area (Å²) >= 11 is 0. The zero-order valence-corrected chi connectivity index (χ0v) is 20.6. The molecule has 8 nitrogen and oxygen atoms in total. The van der Waals surface area contributed by atoms with E-state index in [9.17, 15) is 4.79 Å². The Bertz CT molecular complexity index is 1420. The maximum absolute atomic E-state index is 13.1. The fourth-order valence-corrected chi connectivity index (χ4v) is 5.03. The largest absolute Gasteiger partial charge is 0.383 e. The Balaban J connectivity index is 1.17. The fourth-order valence-electron chi connectivity index (χ4n) is 5.03. The minimum atomic E-state index is -0.160. The lowest BCUT2D eigenvalue weighted by atomic mass is 10.0. The predicted octanol–water partition coefficient (Wildman–Crippen LogP) is 4.17. The molecule has 1 aliphatic carbocycles. The molecule has 1 saturated heterocycles. The number of nitrogen functional groups attached to an aromatic ring is 1. The molecule has 2 fully saturated rings. The molecule has 0 spiro atoms. The number of benzene rings is 1. The minimum Gasteiger partial charge on any atom is -0.383 e. The molecular formula is C28H31N7O. The van der Waals surface area contributed by atoms with Crippen LogP contribution in [0.15, 0.2) is 48.9 Å². The molecule has 0 bridgehead atoms. The third kappa shape index (κ3) is 4.51. The number of nitrogens with one attached hydrogen (secondary N) is 1. The second kappa shape index (κ2) is 9.26. The predicted molar refractivity (Wildman–Crippen MR) is 141 cm³/mol. The van der Waals surface area contributed by atoms with Gasteiger partial charge in [0.05, 0.1) is 6.54 Å². The van der Waals surface area contributed by atoms with Crippen molar-refractivity contribution in [2.75, 3.05) is 23.7 Å². The van der Waals surface area contributed by atoms with E-state index in [1.165, 1.54) is 12.8 Å². The first-order valence-electron chi connectivity index (χ1n) is 12.7. The second-order valence-corrected chi connectivity index (χ2v) is 9.98. The van der Waals surface area contributed by atoms with Crippen molar-refractivity contribution >= 4 is 28.3 Å². The van der Waals surface area contributed by atoms with E-state index in [2.05, 4.69) is 43.0 Å². The molecule has 1 amide bonds. The SMILES string of the molecule is Cc1cc2c(N)nccc2cc1CNC(=O)c1cn(Cc2ccc(N3CCCC3)nc2)c(C2CC2)n1. The number of nitrogens with two attached hydrogens (primary N) is 1. The van der Waals surface area contributed by atoms with Crippen LogP contribution in [0.3, 0.4) is 0 Å². The summed E-state index contributed by atoms with van der Waals surface area (Å²) in [5, 5.41) is 5.01. The minimum absolute atomic E-state index is 0.160. The van der Waals surface area contributed by atoms with Crippen LogP contribution in [0.25, 0.3) is 10.8 Å². The molecule has 0 unspecified atom stereocenters. The van der Waals surface area contributed by atoms with Crippen molar-refractivity contribution in [2.24, 2.45) is 0 Å². The molecule has 0 atom stereocenters. The number of hydrogen-bond acceptors (Lipinski definition) is 6. The second-order valence-electron chi connectivity index (χ2n) is 9.98. The van der Waals surface area contributed by atoms with Gasteiger partial charge in [-0.15, -0.1) is 0 Å². The summed E-state index contributed by atoms with van der Waals surface area (Å²) in [4.78, 5) is 29.0. The Kier molecular flexibility index (Phi) is 5.79. The third-order valence-corrected chi connectivity index (χ3v) is 7.27. The first-order valence-corrected chi connectivity index (χ1v) is 12.7. The first kappa shape index (κ1) is 22.5. The van der Waals surface area contributed by atoms with Crippen molar-refractivity contribution in [1.29, 1.82) is 0 Å². The lowest BCUT2D eigenvalue weighted by Gasteiger charge is -2.16. The van der Waals surface area contributed by atoms with Crippen LogP contribution in [0.4, 0.5) is 11.6 Å². The number of amides is 1. The van der Waals surface area contributed by atoms with E-state index in [-0.39, 0.29) is 5.91 Å². The molecule has 36 heavy (non-hydrogen) atoms. The number of rotatable bonds is 7.